The molecule has 0 bridgehead atoms. The van der Waals surface area contributed by atoms with Crippen molar-refractivity contribution < 1.29 is 22.8 Å². The molecule has 0 atom stereocenters. The van der Waals surface area contributed by atoms with E-state index >= 15 is 0 Å². The molecular formula is C18H17F3N2O2. The normalized spacial score (nSPS) is 11.0. The first kappa shape index (κ1) is 18.5. The van der Waals surface area contributed by atoms with Crippen LogP contribution in [-0.4, -0.2) is 36.5 Å². The van der Waals surface area contributed by atoms with Crippen LogP contribution in [0.3, 0.4) is 0 Å². The van der Waals surface area contributed by atoms with E-state index in [0.717, 1.165) is 5.56 Å². The van der Waals surface area contributed by atoms with Gasteiger partial charge in [-0.1, -0.05) is 30.3 Å². The van der Waals surface area contributed by atoms with Gasteiger partial charge < -0.3 is 10.2 Å². The summed E-state index contributed by atoms with van der Waals surface area (Å²) in [7, 11) is 1.65. The van der Waals surface area contributed by atoms with Crippen molar-refractivity contribution in [2.75, 3.05) is 13.6 Å². The molecule has 1 N–H and O–H groups in total. The lowest BCUT2D eigenvalue weighted by Gasteiger charge is -2.17. The topological polar surface area (TPSA) is 49.4 Å². The zero-order chi connectivity index (χ0) is 18.4. The third-order valence-electron chi connectivity index (χ3n) is 3.45. The van der Waals surface area contributed by atoms with Crippen LogP contribution in [0.2, 0.25) is 0 Å². The van der Waals surface area contributed by atoms with Crippen LogP contribution in [0.1, 0.15) is 26.3 Å². The fourth-order valence-corrected chi connectivity index (χ4v) is 2.19. The highest BCUT2D eigenvalue weighted by molar-refractivity contribution is 5.94. The van der Waals surface area contributed by atoms with Crippen LogP contribution >= 0.6 is 0 Å². The summed E-state index contributed by atoms with van der Waals surface area (Å²) in [5.41, 5.74) is 1.46. The second kappa shape index (κ2) is 7.83. The van der Waals surface area contributed by atoms with Crippen LogP contribution < -0.4 is 5.32 Å². The summed E-state index contributed by atoms with van der Waals surface area (Å²) in [6.45, 7) is -1.06. The van der Waals surface area contributed by atoms with Crippen LogP contribution in [-0.2, 0) is 6.54 Å². The van der Waals surface area contributed by atoms with Gasteiger partial charge in [0.1, 0.15) is 6.54 Å². The number of carbonyl (C=O) groups excluding carboxylic acids is 2. The van der Waals surface area contributed by atoms with Gasteiger partial charge in [0, 0.05) is 24.7 Å². The second-order valence-corrected chi connectivity index (χ2v) is 5.52. The third kappa shape index (κ3) is 5.63. The molecule has 0 aliphatic carbocycles. The fraction of sp³-hybridized carbons (Fsp3) is 0.222. The van der Waals surface area contributed by atoms with Crippen LogP contribution in [0.5, 0.6) is 0 Å². The van der Waals surface area contributed by atoms with Gasteiger partial charge in [-0.2, -0.15) is 13.2 Å². The quantitative estimate of drug-likeness (QED) is 0.900. The van der Waals surface area contributed by atoms with Crippen molar-refractivity contribution in [3.63, 3.8) is 0 Å². The molecule has 7 heteroatoms. The highest BCUT2D eigenvalue weighted by Gasteiger charge is 2.27. The number of nitrogens with one attached hydrogen (secondary N) is 1. The first-order valence-corrected chi connectivity index (χ1v) is 7.50. The van der Waals surface area contributed by atoms with Gasteiger partial charge in [0.05, 0.1) is 0 Å². The summed E-state index contributed by atoms with van der Waals surface area (Å²) in [4.78, 5) is 25.4. The second-order valence-electron chi connectivity index (χ2n) is 5.52. The first-order valence-electron chi connectivity index (χ1n) is 7.50. The average Bonchev–Trinajstić information content (AvgIpc) is 2.59. The van der Waals surface area contributed by atoms with E-state index in [1.165, 1.54) is 17.0 Å². The van der Waals surface area contributed by atoms with Crippen molar-refractivity contribution in [1.29, 1.82) is 0 Å². The molecular weight excluding hydrogens is 333 g/mol. The summed E-state index contributed by atoms with van der Waals surface area (Å²) >= 11 is 0. The number of halogens is 3. The van der Waals surface area contributed by atoms with E-state index in [1.807, 2.05) is 11.4 Å². The Kier molecular flexibility index (Phi) is 5.80. The van der Waals surface area contributed by atoms with Crippen molar-refractivity contribution >= 4 is 11.8 Å². The van der Waals surface area contributed by atoms with Crippen LogP contribution in [0.25, 0.3) is 0 Å². The Bertz CT molecular complexity index is 728. The molecule has 0 aliphatic rings. The average molecular weight is 350 g/mol. The van der Waals surface area contributed by atoms with E-state index in [2.05, 4.69) is 0 Å². The molecule has 0 fully saturated rings. The van der Waals surface area contributed by atoms with Gasteiger partial charge in [-0.25, -0.2) is 0 Å². The number of carbonyl (C=O) groups is 2. The molecule has 2 aromatic rings. The highest BCUT2D eigenvalue weighted by Crippen LogP contribution is 2.13. The number of amides is 2. The molecule has 0 unspecified atom stereocenters. The van der Waals surface area contributed by atoms with E-state index < -0.39 is 18.6 Å². The Morgan fingerprint density at radius 3 is 2.12 bits per heavy atom. The molecule has 0 aliphatic heterocycles. The van der Waals surface area contributed by atoms with Gasteiger partial charge in [-0.05, 0) is 29.8 Å². The number of hydrogen-bond acceptors (Lipinski definition) is 2. The summed E-state index contributed by atoms with van der Waals surface area (Å²) in [6.07, 6.45) is -4.45. The lowest BCUT2D eigenvalue weighted by atomic mass is 10.1. The molecule has 132 valence electrons. The molecule has 2 rings (SSSR count). The third-order valence-corrected chi connectivity index (χ3v) is 3.45. The van der Waals surface area contributed by atoms with Gasteiger partial charge in [0.15, 0.2) is 0 Å². The summed E-state index contributed by atoms with van der Waals surface area (Å²) in [6, 6.07) is 14.9. The Balaban J connectivity index is 1.96. The van der Waals surface area contributed by atoms with Gasteiger partial charge in [0.2, 0.25) is 0 Å². The molecule has 25 heavy (non-hydrogen) atoms. The molecule has 0 aromatic heterocycles. The van der Waals surface area contributed by atoms with E-state index in [9.17, 15) is 22.8 Å². The van der Waals surface area contributed by atoms with Gasteiger partial charge in [-0.3, -0.25) is 9.59 Å². The predicted molar refractivity (Wildman–Crippen MR) is 87.1 cm³/mol. The summed E-state index contributed by atoms with van der Waals surface area (Å²) in [5, 5.41) is 1.81. The first-order chi connectivity index (χ1) is 11.8. The lowest BCUT2D eigenvalue weighted by Crippen LogP contribution is -2.33. The fourth-order valence-electron chi connectivity index (χ4n) is 2.19. The van der Waals surface area contributed by atoms with E-state index in [4.69, 9.17) is 0 Å². The number of benzene rings is 2. The van der Waals surface area contributed by atoms with Crippen LogP contribution in [0.4, 0.5) is 13.2 Å². The van der Waals surface area contributed by atoms with Crippen molar-refractivity contribution in [3.05, 3.63) is 71.3 Å². The molecule has 2 amide bonds. The maximum atomic E-state index is 12.3. The zero-order valence-electron chi connectivity index (χ0n) is 13.5. The highest BCUT2D eigenvalue weighted by atomic mass is 19.4. The molecule has 0 spiro atoms. The minimum atomic E-state index is -4.45. The molecule has 0 heterocycles. The SMILES string of the molecule is CN(Cc1ccc(C(=O)NCC(F)(F)F)cc1)C(=O)c1ccccc1. The molecule has 0 radical (unpaired) electrons. The number of alkyl halides is 3. The van der Waals surface area contributed by atoms with E-state index in [0.29, 0.717) is 12.1 Å². The van der Waals surface area contributed by atoms with Gasteiger partial charge in [-0.15, -0.1) is 0 Å². The summed E-state index contributed by atoms with van der Waals surface area (Å²) in [5.74, 6) is -0.940. The van der Waals surface area contributed by atoms with Crippen LogP contribution in [0.15, 0.2) is 54.6 Å². The summed E-state index contributed by atoms with van der Waals surface area (Å²) < 4.78 is 36.3. The van der Waals surface area contributed by atoms with Crippen molar-refractivity contribution in [2.45, 2.75) is 12.7 Å². The van der Waals surface area contributed by atoms with Crippen molar-refractivity contribution in [3.8, 4) is 0 Å². The molecule has 0 saturated heterocycles. The number of nitrogens with zero attached hydrogens (tertiary/aromatic N) is 1. The van der Waals surface area contributed by atoms with Gasteiger partial charge >= 0.3 is 6.18 Å². The molecule has 2 aromatic carbocycles. The number of hydrogen-bond donors (Lipinski definition) is 1. The smallest absolute Gasteiger partial charge is 0.343 e. The minimum absolute atomic E-state index is 0.130. The van der Waals surface area contributed by atoms with E-state index in [1.54, 1.807) is 43.4 Å². The van der Waals surface area contributed by atoms with Crippen molar-refractivity contribution in [2.24, 2.45) is 0 Å². The molecule has 0 saturated carbocycles. The number of rotatable bonds is 5. The maximum absolute atomic E-state index is 12.3. The lowest BCUT2D eigenvalue weighted by molar-refractivity contribution is -0.123. The molecule has 4 nitrogen and oxygen atoms in total. The Hall–Kier alpha value is -2.83. The zero-order valence-corrected chi connectivity index (χ0v) is 13.5. The monoisotopic (exact) mass is 350 g/mol. The van der Waals surface area contributed by atoms with Crippen LogP contribution in [0, 0.1) is 0 Å². The standard InChI is InChI=1S/C18H17F3N2O2/c1-23(17(25)15-5-3-2-4-6-15)11-13-7-9-14(10-8-13)16(24)22-12-18(19,20)21/h2-10H,11-12H2,1H3,(H,22,24). The Morgan fingerprint density at radius 2 is 1.56 bits per heavy atom. The Labute approximate surface area is 143 Å². The largest absolute Gasteiger partial charge is 0.405 e. The minimum Gasteiger partial charge on any atom is -0.343 e. The Morgan fingerprint density at radius 1 is 0.960 bits per heavy atom. The van der Waals surface area contributed by atoms with Crippen molar-refractivity contribution in [1.82, 2.24) is 10.2 Å². The maximum Gasteiger partial charge on any atom is 0.405 e. The van der Waals surface area contributed by atoms with E-state index in [-0.39, 0.29) is 11.5 Å². The van der Waals surface area contributed by atoms with Gasteiger partial charge in [0.25, 0.3) is 11.8 Å². The predicted octanol–water partition coefficient (Wildman–Crippen LogP) is 3.25.